The van der Waals surface area contributed by atoms with E-state index in [9.17, 15) is 4.39 Å². The number of benzene rings is 2. The summed E-state index contributed by atoms with van der Waals surface area (Å²) in [6, 6.07) is 10.0. The number of methoxy groups -OCH3 is 1. The van der Waals surface area contributed by atoms with Gasteiger partial charge in [-0.2, -0.15) is 0 Å². The van der Waals surface area contributed by atoms with Crippen LogP contribution in [0.1, 0.15) is 16.5 Å². The molecule has 0 fully saturated rings. The molecule has 0 radical (unpaired) electrons. The van der Waals surface area contributed by atoms with Crippen LogP contribution in [0.3, 0.4) is 0 Å². The number of hydrogen-bond acceptors (Lipinski definition) is 1. The number of rotatable bonds is 3. The van der Waals surface area contributed by atoms with E-state index in [1.165, 1.54) is 12.1 Å². The highest BCUT2D eigenvalue weighted by Crippen LogP contribution is 2.36. The molecule has 19 heavy (non-hydrogen) atoms. The molecule has 0 aliphatic rings. The standard InChI is InChI=1S/C14H10BrCl2FO/c1-19-9-3-4-10(11(15)7-9)14(17)8-2-5-12(16)13(18)6-8/h2-7,14H,1H3. The van der Waals surface area contributed by atoms with Gasteiger partial charge in [0.2, 0.25) is 0 Å². The molecule has 0 heterocycles. The van der Waals surface area contributed by atoms with Crippen molar-refractivity contribution >= 4 is 39.1 Å². The Kier molecular flexibility index (Phi) is 4.71. The molecule has 0 aliphatic heterocycles. The Morgan fingerprint density at radius 1 is 1.21 bits per heavy atom. The lowest BCUT2D eigenvalue weighted by molar-refractivity contribution is 0.414. The molecular formula is C14H10BrCl2FO. The molecule has 1 nitrogen and oxygen atoms in total. The number of hydrogen-bond donors (Lipinski definition) is 0. The Labute approximate surface area is 129 Å². The molecule has 2 rings (SSSR count). The van der Waals surface area contributed by atoms with Crippen LogP contribution in [0, 0.1) is 5.82 Å². The monoisotopic (exact) mass is 362 g/mol. The Balaban J connectivity index is 2.38. The largest absolute Gasteiger partial charge is 0.497 e. The van der Waals surface area contributed by atoms with Gasteiger partial charge in [-0.25, -0.2) is 4.39 Å². The van der Waals surface area contributed by atoms with Crippen molar-refractivity contribution in [3.05, 3.63) is 62.8 Å². The lowest BCUT2D eigenvalue weighted by Crippen LogP contribution is -1.96. The molecule has 0 saturated heterocycles. The molecule has 2 aromatic carbocycles. The molecule has 0 aliphatic carbocycles. The van der Waals surface area contributed by atoms with Crippen LogP contribution in [0.15, 0.2) is 40.9 Å². The number of ether oxygens (including phenoxy) is 1. The first kappa shape index (κ1) is 14.6. The van der Waals surface area contributed by atoms with Crippen molar-refractivity contribution in [2.24, 2.45) is 0 Å². The van der Waals surface area contributed by atoms with Gasteiger partial charge in [0, 0.05) is 4.47 Å². The van der Waals surface area contributed by atoms with Crippen LogP contribution in [0.2, 0.25) is 5.02 Å². The van der Waals surface area contributed by atoms with E-state index in [-0.39, 0.29) is 5.02 Å². The molecule has 0 bridgehead atoms. The SMILES string of the molecule is COc1ccc(C(Cl)c2ccc(Cl)c(F)c2)c(Br)c1. The Hall–Kier alpha value is -0.770. The normalized spacial score (nSPS) is 12.3. The fraction of sp³-hybridized carbons (Fsp3) is 0.143. The molecule has 2 aromatic rings. The molecule has 1 unspecified atom stereocenters. The van der Waals surface area contributed by atoms with E-state index < -0.39 is 11.2 Å². The minimum Gasteiger partial charge on any atom is -0.497 e. The summed E-state index contributed by atoms with van der Waals surface area (Å²) < 4.78 is 19.4. The maximum Gasteiger partial charge on any atom is 0.142 e. The summed E-state index contributed by atoms with van der Waals surface area (Å²) in [6.07, 6.45) is 0. The highest BCUT2D eigenvalue weighted by molar-refractivity contribution is 9.10. The topological polar surface area (TPSA) is 9.23 Å². The minimum absolute atomic E-state index is 0.0846. The van der Waals surface area contributed by atoms with E-state index in [0.717, 1.165) is 15.8 Å². The van der Waals surface area contributed by atoms with Crippen LogP contribution in [-0.4, -0.2) is 7.11 Å². The summed E-state index contributed by atoms with van der Waals surface area (Å²) in [4.78, 5) is 0. The van der Waals surface area contributed by atoms with Gasteiger partial charge in [0.25, 0.3) is 0 Å². The third-order valence-corrected chi connectivity index (χ3v) is 4.20. The third kappa shape index (κ3) is 3.22. The van der Waals surface area contributed by atoms with Crippen molar-refractivity contribution in [1.29, 1.82) is 0 Å². The highest BCUT2D eigenvalue weighted by atomic mass is 79.9. The first-order chi connectivity index (χ1) is 9.02. The van der Waals surface area contributed by atoms with E-state index in [1.54, 1.807) is 13.2 Å². The maximum absolute atomic E-state index is 13.5. The summed E-state index contributed by atoms with van der Waals surface area (Å²) in [5.74, 6) is 0.247. The van der Waals surface area contributed by atoms with Gasteiger partial charge < -0.3 is 4.74 Å². The molecular weight excluding hydrogens is 354 g/mol. The van der Waals surface area contributed by atoms with Crippen molar-refractivity contribution in [3.8, 4) is 5.75 Å². The van der Waals surface area contributed by atoms with Gasteiger partial charge in [0.15, 0.2) is 0 Å². The van der Waals surface area contributed by atoms with E-state index >= 15 is 0 Å². The van der Waals surface area contributed by atoms with Crippen LogP contribution >= 0.6 is 39.1 Å². The predicted octanol–water partition coefficient (Wildman–Crippen LogP) is 5.58. The summed E-state index contributed by atoms with van der Waals surface area (Å²) in [5.41, 5.74) is 1.48. The summed E-state index contributed by atoms with van der Waals surface area (Å²) >= 11 is 15.5. The Bertz CT molecular complexity index is 604. The first-order valence-electron chi connectivity index (χ1n) is 5.45. The zero-order valence-corrected chi connectivity index (χ0v) is 13.1. The second-order valence-corrected chi connectivity index (χ2v) is 5.62. The molecule has 0 spiro atoms. The van der Waals surface area contributed by atoms with Crippen molar-refractivity contribution < 1.29 is 9.13 Å². The van der Waals surface area contributed by atoms with Crippen LogP contribution in [0.4, 0.5) is 4.39 Å². The van der Waals surface area contributed by atoms with E-state index in [2.05, 4.69) is 15.9 Å². The molecule has 100 valence electrons. The fourth-order valence-electron chi connectivity index (χ4n) is 1.69. The van der Waals surface area contributed by atoms with Crippen molar-refractivity contribution in [2.45, 2.75) is 5.38 Å². The van der Waals surface area contributed by atoms with Gasteiger partial charge in [-0.1, -0.05) is 39.7 Å². The van der Waals surface area contributed by atoms with Gasteiger partial charge >= 0.3 is 0 Å². The van der Waals surface area contributed by atoms with Crippen LogP contribution < -0.4 is 4.74 Å². The van der Waals surface area contributed by atoms with Gasteiger partial charge in [0.05, 0.1) is 17.5 Å². The number of alkyl halides is 1. The molecule has 0 saturated carbocycles. The van der Waals surface area contributed by atoms with Crippen molar-refractivity contribution in [2.75, 3.05) is 7.11 Å². The molecule has 0 amide bonds. The average molecular weight is 364 g/mol. The van der Waals surface area contributed by atoms with E-state index in [1.807, 2.05) is 18.2 Å². The van der Waals surface area contributed by atoms with E-state index in [4.69, 9.17) is 27.9 Å². The number of halogens is 4. The third-order valence-electron chi connectivity index (χ3n) is 2.72. The smallest absolute Gasteiger partial charge is 0.142 e. The van der Waals surface area contributed by atoms with Crippen LogP contribution in [0.5, 0.6) is 5.75 Å². The fourth-order valence-corrected chi connectivity index (χ4v) is 2.85. The lowest BCUT2D eigenvalue weighted by Gasteiger charge is -2.13. The van der Waals surface area contributed by atoms with Gasteiger partial charge in [0.1, 0.15) is 11.6 Å². The van der Waals surface area contributed by atoms with Crippen molar-refractivity contribution in [3.63, 3.8) is 0 Å². The van der Waals surface area contributed by atoms with Crippen LogP contribution in [0.25, 0.3) is 0 Å². The Morgan fingerprint density at radius 3 is 2.53 bits per heavy atom. The molecule has 0 N–H and O–H groups in total. The summed E-state index contributed by atoms with van der Waals surface area (Å²) in [7, 11) is 1.59. The quantitative estimate of drug-likeness (QED) is 0.647. The average Bonchev–Trinajstić information content (AvgIpc) is 2.41. The maximum atomic E-state index is 13.5. The minimum atomic E-state index is -0.477. The van der Waals surface area contributed by atoms with Crippen LogP contribution in [-0.2, 0) is 0 Å². The summed E-state index contributed by atoms with van der Waals surface area (Å²) in [6.45, 7) is 0. The molecule has 0 aromatic heterocycles. The predicted molar refractivity (Wildman–Crippen MR) is 79.8 cm³/mol. The van der Waals surface area contributed by atoms with Crippen molar-refractivity contribution in [1.82, 2.24) is 0 Å². The van der Waals surface area contributed by atoms with Gasteiger partial charge in [-0.15, -0.1) is 11.6 Å². The van der Waals surface area contributed by atoms with Gasteiger partial charge in [-0.05, 0) is 35.4 Å². The molecule has 1 atom stereocenters. The van der Waals surface area contributed by atoms with Gasteiger partial charge in [-0.3, -0.25) is 0 Å². The lowest BCUT2D eigenvalue weighted by atomic mass is 10.0. The molecule has 5 heteroatoms. The highest BCUT2D eigenvalue weighted by Gasteiger charge is 2.16. The second kappa shape index (κ2) is 6.12. The zero-order chi connectivity index (χ0) is 14.0. The van der Waals surface area contributed by atoms with E-state index in [0.29, 0.717) is 5.56 Å². The zero-order valence-electron chi connectivity index (χ0n) is 9.96. The Morgan fingerprint density at radius 2 is 1.95 bits per heavy atom. The second-order valence-electron chi connectivity index (χ2n) is 3.92. The summed E-state index contributed by atoms with van der Waals surface area (Å²) in [5, 5.41) is -0.381. The first-order valence-corrected chi connectivity index (χ1v) is 7.06.